The van der Waals surface area contributed by atoms with E-state index in [1.165, 1.54) is 0 Å². The van der Waals surface area contributed by atoms with Crippen molar-refractivity contribution in [3.8, 4) is 5.75 Å². The van der Waals surface area contributed by atoms with E-state index in [1.807, 2.05) is 72.8 Å². The fraction of sp³-hybridized carbons (Fsp3) is 0.0870. The van der Waals surface area contributed by atoms with Crippen LogP contribution >= 0.6 is 0 Å². The van der Waals surface area contributed by atoms with Crippen molar-refractivity contribution in [1.29, 1.82) is 0 Å². The number of benzene rings is 3. The molecular formula is C23H20N2O2. The second-order valence-corrected chi connectivity index (χ2v) is 6.33. The average Bonchev–Trinajstić information content (AvgIpc) is 2.74. The van der Waals surface area contributed by atoms with Crippen LogP contribution in [0, 0.1) is 0 Å². The van der Waals surface area contributed by atoms with Gasteiger partial charge in [-0.15, -0.1) is 0 Å². The maximum atomic E-state index is 12.4. The Morgan fingerprint density at radius 2 is 1.37 bits per heavy atom. The molecule has 0 saturated carbocycles. The Bertz CT molecular complexity index is 964. The van der Waals surface area contributed by atoms with Crippen molar-refractivity contribution in [2.24, 2.45) is 0 Å². The van der Waals surface area contributed by atoms with Crippen molar-refractivity contribution in [2.45, 2.75) is 6.04 Å². The second-order valence-electron chi connectivity index (χ2n) is 6.33. The number of hydrogen-bond acceptors (Lipinski definition) is 2. The summed E-state index contributed by atoms with van der Waals surface area (Å²) in [4.78, 5) is 12.4. The van der Waals surface area contributed by atoms with Crippen molar-refractivity contribution in [2.75, 3.05) is 7.11 Å². The number of carbonyl (C=O) groups excluding carboxylic acids is 1. The van der Waals surface area contributed by atoms with Crippen LogP contribution in [-0.4, -0.2) is 13.1 Å². The zero-order valence-corrected chi connectivity index (χ0v) is 15.0. The van der Waals surface area contributed by atoms with Crippen LogP contribution in [0.2, 0.25) is 0 Å². The number of methoxy groups -OCH3 is 1. The minimum Gasteiger partial charge on any atom is -0.497 e. The molecule has 2 amide bonds. The highest BCUT2D eigenvalue weighted by molar-refractivity contribution is 6.02. The van der Waals surface area contributed by atoms with Gasteiger partial charge in [-0.1, -0.05) is 72.8 Å². The van der Waals surface area contributed by atoms with Gasteiger partial charge in [-0.05, 0) is 28.8 Å². The Hall–Kier alpha value is -3.53. The quantitative estimate of drug-likeness (QED) is 0.717. The number of ether oxygens (including phenoxy) is 1. The number of nitrogens with one attached hydrogen (secondary N) is 2. The summed E-state index contributed by atoms with van der Waals surface area (Å²) in [6.07, 6.45) is 0. The highest BCUT2D eigenvalue weighted by atomic mass is 16.5. The third-order valence-electron chi connectivity index (χ3n) is 4.67. The maximum absolute atomic E-state index is 12.4. The molecule has 0 spiro atoms. The summed E-state index contributed by atoms with van der Waals surface area (Å²) in [6, 6.07) is 27.4. The van der Waals surface area contributed by atoms with Crippen molar-refractivity contribution < 1.29 is 9.53 Å². The molecule has 1 atom stereocenters. The largest absolute Gasteiger partial charge is 0.497 e. The zero-order valence-electron chi connectivity index (χ0n) is 15.0. The first-order chi connectivity index (χ1) is 13.3. The van der Waals surface area contributed by atoms with Crippen molar-refractivity contribution in [3.63, 3.8) is 0 Å². The Kier molecular flexibility index (Phi) is 4.62. The van der Waals surface area contributed by atoms with Crippen molar-refractivity contribution in [3.05, 3.63) is 102 Å². The Morgan fingerprint density at radius 3 is 1.96 bits per heavy atom. The third kappa shape index (κ3) is 3.42. The molecule has 1 aliphatic rings. The SMILES string of the molecule is COc1ccc(C2NC(=O)NC(c3ccccc3)=C2c2ccccc2)cc1. The molecule has 2 N–H and O–H groups in total. The standard InChI is InChI=1S/C23H20N2O2/c1-27-19-14-12-18(13-15-19)22-20(16-8-4-2-5-9-16)21(24-23(26)25-22)17-10-6-3-7-11-17/h2-15,22H,1H3,(H2,24,25,26). The summed E-state index contributed by atoms with van der Waals surface area (Å²) in [5, 5.41) is 6.08. The van der Waals surface area contributed by atoms with E-state index in [9.17, 15) is 4.79 Å². The molecule has 0 fully saturated rings. The van der Waals surface area contributed by atoms with Crippen LogP contribution < -0.4 is 15.4 Å². The van der Waals surface area contributed by atoms with E-state index in [1.54, 1.807) is 7.11 Å². The summed E-state index contributed by atoms with van der Waals surface area (Å²) in [5.74, 6) is 0.785. The van der Waals surface area contributed by atoms with Gasteiger partial charge in [0.25, 0.3) is 0 Å². The van der Waals surface area contributed by atoms with E-state index in [4.69, 9.17) is 4.74 Å². The van der Waals surface area contributed by atoms with Crippen molar-refractivity contribution >= 4 is 17.3 Å². The van der Waals surface area contributed by atoms with E-state index in [-0.39, 0.29) is 12.1 Å². The van der Waals surface area contributed by atoms with Gasteiger partial charge in [-0.2, -0.15) is 0 Å². The molecule has 4 nitrogen and oxygen atoms in total. The van der Waals surface area contributed by atoms with Crippen molar-refractivity contribution in [1.82, 2.24) is 10.6 Å². The summed E-state index contributed by atoms with van der Waals surface area (Å²) in [5.41, 5.74) is 4.89. The van der Waals surface area contributed by atoms with Gasteiger partial charge in [-0.3, -0.25) is 0 Å². The molecule has 3 aromatic rings. The normalized spacial score (nSPS) is 16.5. The lowest BCUT2D eigenvalue weighted by molar-refractivity contribution is 0.242. The van der Waals surface area contributed by atoms with Gasteiger partial charge in [0.05, 0.1) is 18.8 Å². The predicted molar refractivity (Wildman–Crippen MR) is 107 cm³/mol. The van der Waals surface area contributed by atoms with Crippen LogP contribution in [0.15, 0.2) is 84.9 Å². The lowest BCUT2D eigenvalue weighted by Gasteiger charge is -2.31. The number of hydrogen-bond donors (Lipinski definition) is 2. The molecule has 4 heteroatoms. The van der Waals surface area contributed by atoms with Gasteiger partial charge in [0.1, 0.15) is 5.75 Å². The molecule has 1 aliphatic heterocycles. The maximum Gasteiger partial charge on any atom is 0.320 e. The first-order valence-electron chi connectivity index (χ1n) is 8.83. The summed E-state index contributed by atoms with van der Waals surface area (Å²) >= 11 is 0. The lowest BCUT2D eigenvalue weighted by atomic mass is 9.88. The smallest absolute Gasteiger partial charge is 0.320 e. The van der Waals surface area contributed by atoms with E-state index in [0.29, 0.717) is 0 Å². The van der Waals surface area contributed by atoms with Gasteiger partial charge < -0.3 is 15.4 Å². The van der Waals surface area contributed by atoms with E-state index < -0.39 is 0 Å². The summed E-state index contributed by atoms with van der Waals surface area (Å²) < 4.78 is 5.27. The number of carbonyl (C=O) groups is 1. The summed E-state index contributed by atoms with van der Waals surface area (Å²) in [6.45, 7) is 0. The van der Waals surface area contributed by atoms with Crippen LogP contribution in [0.5, 0.6) is 5.75 Å². The highest BCUT2D eigenvalue weighted by Crippen LogP contribution is 2.38. The van der Waals surface area contributed by atoms with Crippen LogP contribution in [0.1, 0.15) is 22.7 Å². The fourth-order valence-corrected chi connectivity index (χ4v) is 3.37. The highest BCUT2D eigenvalue weighted by Gasteiger charge is 2.29. The van der Waals surface area contributed by atoms with Gasteiger partial charge in [0, 0.05) is 5.57 Å². The van der Waals surface area contributed by atoms with E-state index >= 15 is 0 Å². The van der Waals surface area contributed by atoms with Crippen LogP contribution in [0.25, 0.3) is 11.3 Å². The number of rotatable bonds is 4. The molecule has 0 radical (unpaired) electrons. The number of amides is 2. The van der Waals surface area contributed by atoms with Crippen LogP contribution in [-0.2, 0) is 0 Å². The first-order valence-corrected chi connectivity index (χ1v) is 8.83. The van der Waals surface area contributed by atoms with Crippen LogP contribution in [0.3, 0.4) is 0 Å². The molecule has 4 rings (SSSR count). The minimum absolute atomic E-state index is 0.214. The fourth-order valence-electron chi connectivity index (χ4n) is 3.37. The minimum atomic E-state index is -0.262. The summed E-state index contributed by atoms with van der Waals surface area (Å²) in [7, 11) is 1.64. The molecule has 0 aromatic heterocycles. The Morgan fingerprint density at radius 1 is 0.778 bits per heavy atom. The molecule has 0 bridgehead atoms. The molecule has 0 saturated heterocycles. The van der Waals surface area contributed by atoms with Gasteiger partial charge in [0.15, 0.2) is 0 Å². The molecule has 134 valence electrons. The average molecular weight is 356 g/mol. The molecule has 0 aliphatic carbocycles. The van der Waals surface area contributed by atoms with Gasteiger partial charge >= 0.3 is 6.03 Å². The molecule has 1 unspecified atom stereocenters. The third-order valence-corrected chi connectivity index (χ3v) is 4.67. The van der Waals surface area contributed by atoms with Gasteiger partial charge in [0.2, 0.25) is 0 Å². The molecule has 1 heterocycles. The van der Waals surface area contributed by atoms with E-state index in [0.717, 1.165) is 33.7 Å². The van der Waals surface area contributed by atoms with Crippen LogP contribution in [0.4, 0.5) is 4.79 Å². The predicted octanol–water partition coefficient (Wildman–Crippen LogP) is 4.62. The number of urea groups is 1. The zero-order chi connectivity index (χ0) is 18.6. The first kappa shape index (κ1) is 16.9. The Labute approximate surface area is 158 Å². The molecule has 3 aromatic carbocycles. The monoisotopic (exact) mass is 356 g/mol. The molecular weight excluding hydrogens is 336 g/mol. The second kappa shape index (κ2) is 7.38. The van der Waals surface area contributed by atoms with Gasteiger partial charge in [-0.25, -0.2) is 4.79 Å². The lowest BCUT2D eigenvalue weighted by Crippen LogP contribution is -2.42. The molecule has 27 heavy (non-hydrogen) atoms. The topological polar surface area (TPSA) is 50.4 Å². The van der Waals surface area contributed by atoms with E-state index in [2.05, 4.69) is 22.8 Å². The Balaban J connectivity index is 1.91.